The van der Waals surface area contributed by atoms with Gasteiger partial charge >= 0.3 is 0 Å². The van der Waals surface area contributed by atoms with E-state index in [-0.39, 0.29) is 10.9 Å². The predicted molar refractivity (Wildman–Crippen MR) is 153 cm³/mol. The van der Waals surface area contributed by atoms with Crippen LogP contribution in [0.3, 0.4) is 0 Å². The molecule has 1 aromatic heterocycles. The number of aromatic nitrogens is 2. The Bertz CT molecular complexity index is 1170. The van der Waals surface area contributed by atoms with Crippen molar-refractivity contribution in [1.82, 2.24) is 14.5 Å². The molecule has 1 heterocycles. The molecule has 0 aliphatic rings. The van der Waals surface area contributed by atoms with Crippen molar-refractivity contribution in [2.45, 2.75) is 60.5 Å². The maximum atomic E-state index is 13.8. The van der Waals surface area contributed by atoms with E-state index in [9.17, 15) is 4.79 Å². The number of methoxy groups -OCH3 is 2. The molecule has 1 aromatic carbocycles. The van der Waals surface area contributed by atoms with Gasteiger partial charge in [0.15, 0.2) is 11.5 Å². The molecule has 0 aliphatic carbocycles. The molecule has 2 rings (SSSR count). The van der Waals surface area contributed by atoms with Gasteiger partial charge in [-0.15, -0.1) is 0 Å². The van der Waals surface area contributed by atoms with E-state index in [1.807, 2.05) is 39.0 Å². The van der Waals surface area contributed by atoms with Crippen LogP contribution >= 0.6 is 23.2 Å². The fourth-order valence-electron chi connectivity index (χ4n) is 3.87. The van der Waals surface area contributed by atoms with E-state index >= 15 is 0 Å². The van der Waals surface area contributed by atoms with Gasteiger partial charge in [0.2, 0.25) is 0 Å². The van der Waals surface area contributed by atoms with Gasteiger partial charge in [-0.25, -0.2) is 4.98 Å². The van der Waals surface area contributed by atoms with Crippen molar-refractivity contribution in [2.24, 2.45) is 5.92 Å². The van der Waals surface area contributed by atoms with E-state index in [0.29, 0.717) is 54.1 Å². The third-order valence-electron chi connectivity index (χ3n) is 6.26. The number of aryl methyl sites for hydroxylation is 1. The number of ether oxygens (including phenoxy) is 2. The summed E-state index contributed by atoms with van der Waals surface area (Å²) < 4.78 is 12.9. The fourth-order valence-corrected chi connectivity index (χ4v) is 4.35. The Hall–Kier alpha value is -2.70. The Morgan fingerprint density at radius 3 is 2.54 bits per heavy atom. The summed E-state index contributed by atoms with van der Waals surface area (Å²) in [5, 5.41) is 0.863. The van der Waals surface area contributed by atoms with Gasteiger partial charge < -0.3 is 18.9 Å². The number of nitrogens with zero attached hydrogens (tertiary/aromatic N) is 3. The summed E-state index contributed by atoms with van der Waals surface area (Å²) in [4.78, 5) is 20.4. The summed E-state index contributed by atoms with van der Waals surface area (Å²) in [6.45, 7) is 15.9. The molecule has 0 atom stereocenters. The standard InChI is InChI=1S/C29H39Cl2N3O3/c1-9-10-11-24(30)20(4)15-17-34-22(6)21(5)32-26(34)18-33(16-14-19(2)3)29(35)23-12-13-25(36-7)28(37-8)27(23)31/h9-13,19H,4,14-18H2,1-3,5-8H3/b10-9-,24-11+. The van der Waals surface area contributed by atoms with Gasteiger partial charge in [0, 0.05) is 23.8 Å². The minimum atomic E-state index is -0.182. The number of hydrogen-bond acceptors (Lipinski definition) is 4. The maximum absolute atomic E-state index is 13.8. The van der Waals surface area contributed by atoms with E-state index in [1.54, 1.807) is 17.0 Å². The van der Waals surface area contributed by atoms with Gasteiger partial charge in [0.05, 0.1) is 37.0 Å². The molecule has 0 unspecified atom stereocenters. The van der Waals surface area contributed by atoms with E-state index in [4.69, 9.17) is 37.7 Å². The molecule has 0 bridgehead atoms. The second-order valence-corrected chi connectivity index (χ2v) is 10.1. The van der Waals surface area contributed by atoms with Gasteiger partial charge in [-0.2, -0.15) is 0 Å². The summed E-state index contributed by atoms with van der Waals surface area (Å²) in [5.74, 6) is 1.87. The Morgan fingerprint density at radius 1 is 1.24 bits per heavy atom. The SMILES string of the molecule is C=C(CCn1c(CN(CCC(C)C)C(=O)c2ccc(OC)c(OC)c2Cl)nc(C)c1C)/C(Cl)=C\C=C/C. The molecule has 0 aliphatic heterocycles. The van der Waals surface area contributed by atoms with Crippen LogP contribution in [0.2, 0.25) is 5.02 Å². The quantitative estimate of drug-likeness (QED) is 0.243. The second-order valence-electron chi connectivity index (χ2n) is 9.32. The van der Waals surface area contributed by atoms with Crippen LogP contribution in [-0.2, 0) is 13.1 Å². The van der Waals surface area contributed by atoms with Crippen molar-refractivity contribution in [3.8, 4) is 11.5 Å². The first-order chi connectivity index (χ1) is 17.5. The van der Waals surface area contributed by atoms with Crippen LogP contribution in [-0.4, -0.2) is 41.1 Å². The lowest BCUT2D eigenvalue weighted by Gasteiger charge is -2.25. The zero-order valence-electron chi connectivity index (χ0n) is 23.0. The third kappa shape index (κ3) is 7.89. The number of hydrogen-bond donors (Lipinski definition) is 0. The first-order valence-electron chi connectivity index (χ1n) is 12.4. The topological polar surface area (TPSA) is 56.6 Å². The molecule has 37 heavy (non-hydrogen) atoms. The van der Waals surface area contributed by atoms with E-state index in [0.717, 1.165) is 29.2 Å². The maximum Gasteiger partial charge on any atom is 0.255 e. The highest BCUT2D eigenvalue weighted by atomic mass is 35.5. The first-order valence-corrected chi connectivity index (χ1v) is 13.2. The molecule has 0 saturated heterocycles. The van der Waals surface area contributed by atoms with E-state index in [1.165, 1.54) is 14.2 Å². The van der Waals surface area contributed by atoms with Crippen molar-refractivity contribution in [2.75, 3.05) is 20.8 Å². The molecule has 2 aromatic rings. The van der Waals surface area contributed by atoms with Gasteiger partial charge in [0.25, 0.3) is 5.91 Å². The fraction of sp³-hybridized carbons (Fsp3) is 0.448. The molecule has 0 spiro atoms. The molecule has 8 heteroatoms. The number of benzene rings is 1. The first kappa shape index (κ1) is 30.5. The van der Waals surface area contributed by atoms with Crippen LogP contribution in [0.1, 0.15) is 61.2 Å². The minimum Gasteiger partial charge on any atom is -0.493 e. The zero-order valence-corrected chi connectivity index (χ0v) is 24.5. The van der Waals surface area contributed by atoms with Gasteiger partial charge in [-0.3, -0.25) is 4.79 Å². The number of allylic oxidation sites excluding steroid dienone is 5. The highest BCUT2D eigenvalue weighted by Crippen LogP contribution is 2.38. The van der Waals surface area contributed by atoms with Crippen molar-refractivity contribution in [3.05, 3.63) is 75.3 Å². The highest BCUT2D eigenvalue weighted by molar-refractivity contribution is 6.35. The van der Waals surface area contributed by atoms with E-state index < -0.39 is 0 Å². The van der Waals surface area contributed by atoms with E-state index in [2.05, 4.69) is 25.0 Å². The van der Waals surface area contributed by atoms with Gasteiger partial charge in [0.1, 0.15) is 5.82 Å². The lowest BCUT2D eigenvalue weighted by atomic mass is 10.1. The molecule has 0 radical (unpaired) electrons. The number of imidazole rings is 1. The van der Waals surface area contributed by atoms with Crippen molar-refractivity contribution >= 4 is 29.1 Å². The van der Waals surface area contributed by atoms with Crippen LogP contribution in [0.15, 0.2) is 47.5 Å². The lowest BCUT2D eigenvalue weighted by Crippen LogP contribution is -2.33. The number of carbonyl (C=O) groups excluding carboxylic acids is 1. The van der Waals surface area contributed by atoms with Crippen LogP contribution < -0.4 is 9.47 Å². The average Bonchev–Trinajstić information content (AvgIpc) is 3.14. The summed E-state index contributed by atoms with van der Waals surface area (Å²) in [6, 6.07) is 3.38. The average molecular weight is 549 g/mol. The Kier molecular flexibility index (Phi) is 11.8. The molecular formula is C29H39Cl2N3O3. The van der Waals surface area contributed by atoms with Crippen LogP contribution in [0.25, 0.3) is 0 Å². The van der Waals surface area contributed by atoms with Crippen molar-refractivity contribution < 1.29 is 14.3 Å². The number of halogens is 2. The minimum absolute atomic E-state index is 0.182. The Morgan fingerprint density at radius 2 is 1.95 bits per heavy atom. The number of amides is 1. The molecule has 1 amide bonds. The number of rotatable bonds is 13. The molecule has 6 nitrogen and oxygen atoms in total. The monoisotopic (exact) mass is 547 g/mol. The van der Waals surface area contributed by atoms with Crippen molar-refractivity contribution in [3.63, 3.8) is 0 Å². The second kappa shape index (κ2) is 14.3. The van der Waals surface area contributed by atoms with Gasteiger partial charge in [-0.1, -0.05) is 55.8 Å². The zero-order chi connectivity index (χ0) is 27.7. The third-order valence-corrected chi connectivity index (χ3v) is 7.03. The predicted octanol–water partition coefficient (Wildman–Crippen LogP) is 7.50. The summed E-state index contributed by atoms with van der Waals surface area (Å²) in [6.07, 6.45) is 7.17. The molecular weight excluding hydrogens is 509 g/mol. The van der Waals surface area contributed by atoms with Crippen LogP contribution in [0.5, 0.6) is 11.5 Å². The molecule has 0 saturated carbocycles. The van der Waals surface area contributed by atoms with Crippen LogP contribution in [0, 0.1) is 19.8 Å². The highest BCUT2D eigenvalue weighted by Gasteiger charge is 2.25. The summed E-state index contributed by atoms with van der Waals surface area (Å²) >= 11 is 13.0. The summed E-state index contributed by atoms with van der Waals surface area (Å²) in [5.41, 5.74) is 3.19. The van der Waals surface area contributed by atoms with Gasteiger partial charge in [-0.05, 0) is 63.3 Å². The largest absolute Gasteiger partial charge is 0.493 e. The normalized spacial score (nSPS) is 11.9. The van der Waals surface area contributed by atoms with Crippen LogP contribution in [0.4, 0.5) is 0 Å². The molecule has 0 fully saturated rings. The summed E-state index contributed by atoms with van der Waals surface area (Å²) in [7, 11) is 3.04. The Balaban J connectivity index is 2.39. The smallest absolute Gasteiger partial charge is 0.255 e. The molecule has 202 valence electrons. The van der Waals surface area contributed by atoms with Crippen molar-refractivity contribution in [1.29, 1.82) is 0 Å². The number of carbonyl (C=O) groups is 1. The molecule has 0 N–H and O–H groups in total. The lowest BCUT2D eigenvalue weighted by molar-refractivity contribution is 0.0728. The Labute approximate surface area is 231 Å².